The Bertz CT molecular complexity index is 1570. The summed E-state index contributed by atoms with van der Waals surface area (Å²) in [5.74, 6) is 0.648. The van der Waals surface area contributed by atoms with Crippen molar-refractivity contribution in [1.29, 1.82) is 10.7 Å². The van der Waals surface area contributed by atoms with Crippen LogP contribution < -0.4 is 20.3 Å². The van der Waals surface area contributed by atoms with Crippen LogP contribution in [0, 0.1) is 34.4 Å². The van der Waals surface area contributed by atoms with Crippen molar-refractivity contribution in [2.45, 2.75) is 46.2 Å². The van der Waals surface area contributed by atoms with Gasteiger partial charge in [0.1, 0.15) is 23.5 Å². The van der Waals surface area contributed by atoms with Crippen molar-refractivity contribution in [1.82, 2.24) is 15.3 Å². The van der Waals surface area contributed by atoms with Crippen LogP contribution in [-0.2, 0) is 17.8 Å². The molecule has 5 rings (SSSR count). The second kappa shape index (κ2) is 12.4. The SMILES string of the molecule is CC(C)Cc1nc(NC2CCNCC2C)c(C=N)c(-c2ccc3c(c2)OCC(=O)N3Cc2ncc(Cl)cc2F)c1C#N. The van der Waals surface area contributed by atoms with Crippen LogP contribution in [0.4, 0.5) is 15.9 Å². The molecule has 4 heterocycles. The van der Waals surface area contributed by atoms with E-state index in [4.69, 9.17) is 26.7 Å². The molecular weight excluding hydrogens is 557 g/mol. The van der Waals surface area contributed by atoms with Crippen LogP contribution in [0.2, 0.25) is 5.02 Å². The molecule has 2 aliphatic heterocycles. The number of benzene rings is 1. The Morgan fingerprint density at radius 2 is 2.17 bits per heavy atom. The summed E-state index contributed by atoms with van der Waals surface area (Å²) in [5.41, 5.74) is 3.36. The van der Waals surface area contributed by atoms with Gasteiger partial charge in [-0.05, 0) is 61.5 Å². The minimum atomic E-state index is -0.605. The number of nitriles is 1. The third kappa shape index (κ3) is 5.94. The van der Waals surface area contributed by atoms with Gasteiger partial charge in [0.2, 0.25) is 0 Å². The number of nitrogens with one attached hydrogen (secondary N) is 3. The third-order valence-corrected chi connectivity index (χ3v) is 7.87. The highest BCUT2D eigenvalue weighted by molar-refractivity contribution is 6.30. The highest BCUT2D eigenvalue weighted by atomic mass is 35.5. The normalized spacial score (nSPS) is 18.3. The number of rotatable bonds is 8. The van der Waals surface area contributed by atoms with E-state index in [1.807, 2.05) is 0 Å². The zero-order valence-electron chi connectivity index (χ0n) is 23.8. The molecule has 1 fully saturated rings. The monoisotopic (exact) mass is 589 g/mol. The molecule has 0 bridgehead atoms. The van der Waals surface area contributed by atoms with Crippen LogP contribution in [0.15, 0.2) is 30.5 Å². The summed E-state index contributed by atoms with van der Waals surface area (Å²) in [7, 11) is 0. The lowest BCUT2D eigenvalue weighted by atomic mass is 9.90. The maximum absolute atomic E-state index is 14.5. The molecule has 0 aliphatic carbocycles. The number of piperidine rings is 1. The van der Waals surface area contributed by atoms with Crippen molar-refractivity contribution >= 4 is 35.2 Å². The molecule has 42 heavy (non-hydrogen) atoms. The molecule has 2 aliphatic rings. The fraction of sp³-hybridized carbons (Fsp3) is 0.387. The first-order chi connectivity index (χ1) is 20.2. The Labute approximate surface area is 249 Å². The van der Waals surface area contributed by atoms with Crippen molar-refractivity contribution in [2.24, 2.45) is 11.8 Å². The number of aromatic nitrogens is 2. The fourth-order valence-corrected chi connectivity index (χ4v) is 5.64. The lowest BCUT2D eigenvalue weighted by Crippen LogP contribution is -2.42. The Morgan fingerprint density at radius 3 is 2.86 bits per heavy atom. The smallest absolute Gasteiger partial charge is 0.265 e. The molecule has 11 heteroatoms. The molecule has 0 saturated carbocycles. The molecule has 3 aromatic rings. The molecular formula is C31H33ClFN7O2. The molecule has 1 aromatic carbocycles. The number of amides is 1. The average Bonchev–Trinajstić information content (AvgIpc) is 2.96. The molecule has 0 radical (unpaired) electrons. The van der Waals surface area contributed by atoms with E-state index in [1.165, 1.54) is 17.3 Å². The Hall–Kier alpha value is -4.07. The fourth-order valence-electron chi connectivity index (χ4n) is 5.50. The van der Waals surface area contributed by atoms with E-state index >= 15 is 0 Å². The van der Waals surface area contributed by atoms with Crippen molar-refractivity contribution < 1.29 is 13.9 Å². The molecule has 1 saturated heterocycles. The largest absolute Gasteiger partial charge is 0.482 e. The first-order valence-electron chi connectivity index (χ1n) is 14.0. The number of carbonyl (C=O) groups is 1. The van der Waals surface area contributed by atoms with Gasteiger partial charge in [0.05, 0.1) is 34.2 Å². The first kappa shape index (κ1) is 29.4. The number of ether oxygens (including phenoxy) is 1. The molecule has 3 N–H and O–H groups in total. The summed E-state index contributed by atoms with van der Waals surface area (Å²) in [4.78, 5) is 23.2. The van der Waals surface area contributed by atoms with Crippen LogP contribution in [0.5, 0.6) is 5.75 Å². The van der Waals surface area contributed by atoms with E-state index < -0.39 is 5.82 Å². The predicted octanol–water partition coefficient (Wildman–Crippen LogP) is 5.34. The zero-order chi connectivity index (χ0) is 30.0. The topological polar surface area (TPSA) is 127 Å². The number of carbonyl (C=O) groups excluding carboxylic acids is 1. The van der Waals surface area contributed by atoms with Gasteiger partial charge in [-0.15, -0.1) is 0 Å². The van der Waals surface area contributed by atoms with E-state index in [1.54, 1.807) is 18.2 Å². The van der Waals surface area contributed by atoms with Crippen molar-refractivity contribution in [2.75, 3.05) is 29.9 Å². The van der Waals surface area contributed by atoms with Crippen molar-refractivity contribution in [3.05, 3.63) is 63.8 Å². The summed E-state index contributed by atoms with van der Waals surface area (Å²) in [5, 5.41) is 25.9. The maximum Gasteiger partial charge on any atom is 0.265 e. The van der Waals surface area contributed by atoms with Gasteiger partial charge >= 0.3 is 0 Å². The highest BCUT2D eigenvalue weighted by Crippen LogP contribution is 2.40. The quantitative estimate of drug-likeness (QED) is 0.303. The maximum atomic E-state index is 14.5. The summed E-state index contributed by atoms with van der Waals surface area (Å²) in [6, 6.07) is 8.95. The van der Waals surface area contributed by atoms with Crippen LogP contribution >= 0.6 is 11.6 Å². The van der Waals surface area contributed by atoms with Gasteiger partial charge in [-0.2, -0.15) is 5.26 Å². The molecule has 9 nitrogen and oxygen atoms in total. The molecule has 2 atom stereocenters. The lowest BCUT2D eigenvalue weighted by molar-refractivity contribution is -0.121. The number of nitrogens with zero attached hydrogens (tertiary/aromatic N) is 4. The number of hydrogen-bond donors (Lipinski definition) is 3. The van der Waals surface area contributed by atoms with Crippen molar-refractivity contribution in [3.8, 4) is 22.9 Å². The van der Waals surface area contributed by atoms with E-state index in [-0.39, 0.29) is 41.7 Å². The summed E-state index contributed by atoms with van der Waals surface area (Å²) in [6.45, 7) is 7.76. The first-order valence-corrected chi connectivity index (χ1v) is 14.4. The number of pyridine rings is 2. The molecule has 0 spiro atoms. The number of fused-ring (bicyclic) bond motifs is 1. The molecule has 2 unspecified atom stereocenters. The lowest BCUT2D eigenvalue weighted by Gasteiger charge is -2.32. The summed E-state index contributed by atoms with van der Waals surface area (Å²) < 4.78 is 20.4. The predicted molar refractivity (Wildman–Crippen MR) is 161 cm³/mol. The standard InChI is InChI=1S/C31H33ClFN7O2/c1-17(2)8-25-21(11-34)30(22(12-35)31(39-25)38-24-6-7-36-13-18(24)3)19-4-5-27-28(9-19)42-16-29(41)40(27)15-26-23(33)10-20(32)14-37-26/h4-5,9-10,12,14,17-18,24,35-36H,6-8,13,15-16H2,1-3H3,(H,38,39). The van der Waals surface area contributed by atoms with Gasteiger partial charge in [-0.1, -0.05) is 38.4 Å². The summed E-state index contributed by atoms with van der Waals surface area (Å²) in [6.07, 6.45) is 4.08. The Balaban J connectivity index is 1.60. The van der Waals surface area contributed by atoms with Gasteiger partial charge in [-0.25, -0.2) is 9.37 Å². The molecule has 1 amide bonds. The molecule has 218 valence electrons. The van der Waals surface area contributed by atoms with E-state index in [2.05, 4.69) is 42.5 Å². The number of halogens is 2. The van der Waals surface area contributed by atoms with Crippen LogP contribution in [-0.4, -0.2) is 47.8 Å². The van der Waals surface area contributed by atoms with Gasteiger partial charge < -0.3 is 20.8 Å². The van der Waals surface area contributed by atoms with Gasteiger partial charge in [0, 0.05) is 29.6 Å². The number of anilines is 2. The highest BCUT2D eigenvalue weighted by Gasteiger charge is 2.30. The second-order valence-corrected chi connectivity index (χ2v) is 11.6. The Kier molecular flexibility index (Phi) is 8.71. The van der Waals surface area contributed by atoms with Gasteiger partial charge in [-0.3, -0.25) is 14.7 Å². The molecule has 2 aromatic heterocycles. The van der Waals surface area contributed by atoms with E-state index in [9.17, 15) is 14.4 Å². The Morgan fingerprint density at radius 1 is 1.36 bits per heavy atom. The summed E-state index contributed by atoms with van der Waals surface area (Å²) >= 11 is 5.85. The van der Waals surface area contributed by atoms with Gasteiger partial charge in [0.15, 0.2) is 6.61 Å². The number of hydrogen-bond acceptors (Lipinski definition) is 8. The van der Waals surface area contributed by atoms with Crippen molar-refractivity contribution in [3.63, 3.8) is 0 Å². The zero-order valence-corrected chi connectivity index (χ0v) is 24.6. The van der Waals surface area contributed by atoms with Crippen LogP contribution in [0.3, 0.4) is 0 Å². The average molecular weight is 590 g/mol. The second-order valence-electron chi connectivity index (χ2n) is 11.2. The minimum absolute atomic E-state index is 0.0813. The minimum Gasteiger partial charge on any atom is -0.482 e. The third-order valence-electron chi connectivity index (χ3n) is 7.66. The van der Waals surface area contributed by atoms with Crippen LogP contribution in [0.25, 0.3) is 11.1 Å². The van der Waals surface area contributed by atoms with E-state index in [0.717, 1.165) is 25.6 Å². The van der Waals surface area contributed by atoms with Gasteiger partial charge in [0.25, 0.3) is 5.91 Å². The van der Waals surface area contributed by atoms with E-state index in [0.29, 0.717) is 57.5 Å². The van der Waals surface area contributed by atoms with Crippen LogP contribution in [0.1, 0.15) is 49.7 Å².